The van der Waals surface area contributed by atoms with E-state index >= 15 is 0 Å². The molecule has 1 amide bonds. The van der Waals surface area contributed by atoms with E-state index in [1.165, 1.54) is 6.92 Å². The van der Waals surface area contributed by atoms with Crippen LogP contribution in [0, 0.1) is 0 Å². The van der Waals surface area contributed by atoms with Crippen molar-refractivity contribution < 1.29 is 4.79 Å². The zero-order valence-electron chi connectivity index (χ0n) is 8.61. The van der Waals surface area contributed by atoms with Crippen molar-refractivity contribution >= 4 is 5.91 Å². The summed E-state index contributed by atoms with van der Waals surface area (Å²) in [5.41, 5.74) is 0. The van der Waals surface area contributed by atoms with Crippen LogP contribution < -0.4 is 5.32 Å². The summed E-state index contributed by atoms with van der Waals surface area (Å²) in [5.74, 6) is 0.00463. The molecule has 0 fully saturated rings. The maximum absolute atomic E-state index is 9.70. The third-order valence-electron chi connectivity index (χ3n) is 0.830. The normalized spacial score (nSPS) is 6.77. The molecule has 0 aliphatic heterocycles. The lowest BCUT2D eigenvalue weighted by Crippen LogP contribution is -2.11. The lowest BCUT2D eigenvalue weighted by Gasteiger charge is -1.80. The third kappa shape index (κ3) is 18.0. The fraction of sp³-hybridized carbons (Fsp3) is 0.444. The summed E-state index contributed by atoms with van der Waals surface area (Å²) in [6, 6.07) is 0. The van der Waals surface area contributed by atoms with Crippen LogP contribution in [0.1, 0.15) is 20.8 Å². The molecule has 0 aliphatic rings. The van der Waals surface area contributed by atoms with Crippen molar-refractivity contribution in [1.29, 1.82) is 0 Å². The Bertz CT molecular complexity index is 163. The number of hydrogen-bond acceptors (Lipinski definition) is 3. The molecule has 0 saturated heterocycles. The predicted octanol–water partition coefficient (Wildman–Crippen LogP) is 1.26. The molecule has 4 heteroatoms. The second kappa shape index (κ2) is 13.2. The molecule has 13 heavy (non-hydrogen) atoms. The molecule has 1 rings (SSSR count). The maximum Gasteiger partial charge on any atom is 0.216 e. The number of aromatic nitrogens is 2. The Labute approximate surface area is 79.4 Å². The van der Waals surface area contributed by atoms with Crippen molar-refractivity contribution in [3.63, 3.8) is 0 Å². The van der Waals surface area contributed by atoms with E-state index in [0.717, 1.165) is 0 Å². The molecule has 1 N–H and O–H groups in total. The number of nitrogens with zero attached hydrogens (tertiary/aromatic N) is 2. The molecule has 4 nitrogen and oxygen atoms in total. The largest absolute Gasteiger partial charge is 0.359 e. The van der Waals surface area contributed by atoms with Gasteiger partial charge in [-0.05, 0) is 0 Å². The minimum Gasteiger partial charge on any atom is -0.359 e. The first-order valence-corrected chi connectivity index (χ1v) is 4.15. The summed E-state index contributed by atoms with van der Waals surface area (Å²) in [4.78, 5) is 17.1. The third-order valence-corrected chi connectivity index (χ3v) is 0.830. The average molecular weight is 183 g/mol. The van der Waals surface area contributed by atoms with Gasteiger partial charge in [0.25, 0.3) is 0 Å². The SMILES string of the molecule is CC.CNC(C)=O.c1cnccn1. The van der Waals surface area contributed by atoms with Gasteiger partial charge in [0.15, 0.2) is 0 Å². The highest BCUT2D eigenvalue weighted by atomic mass is 16.1. The van der Waals surface area contributed by atoms with Gasteiger partial charge in [0.2, 0.25) is 5.91 Å². The van der Waals surface area contributed by atoms with Gasteiger partial charge in [0, 0.05) is 38.8 Å². The Morgan fingerprint density at radius 2 is 1.31 bits per heavy atom. The predicted molar refractivity (Wildman–Crippen MR) is 53.1 cm³/mol. The Balaban J connectivity index is 0. The van der Waals surface area contributed by atoms with Crippen LogP contribution in [0.15, 0.2) is 24.8 Å². The molecule has 74 valence electrons. The van der Waals surface area contributed by atoms with Crippen LogP contribution in [-0.2, 0) is 4.79 Å². The van der Waals surface area contributed by atoms with Gasteiger partial charge >= 0.3 is 0 Å². The van der Waals surface area contributed by atoms with Crippen LogP contribution in [0.5, 0.6) is 0 Å². The van der Waals surface area contributed by atoms with E-state index in [2.05, 4.69) is 15.3 Å². The number of carbonyl (C=O) groups excluding carboxylic acids is 1. The Morgan fingerprint density at radius 3 is 1.38 bits per heavy atom. The standard InChI is InChI=1S/C4H4N2.C3H7NO.C2H6/c1-2-6-4-3-5-1;1-3(5)4-2;1-2/h1-4H;1-2H3,(H,4,5);1-2H3. The van der Waals surface area contributed by atoms with Gasteiger partial charge in [0.05, 0.1) is 0 Å². The van der Waals surface area contributed by atoms with E-state index in [1.54, 1.807) is 31.8 Å². The van der Waals surface area contributed by atoms with Crippen LogP contribution in [0.25, 0.3) is 0 Å². The molecule has 0 atom stereocenters. The first kappa shape index (κ1) is 14.1. The molecular weight excluding hydrogens is 166 g/mol. The molecule has 0 aromatic carbocycles. The number of nitrogens with one attached hydrogen (secondary N) is 1. The summed E-state index contributed by atoms with van der Waals surface area (Å²) in [5, 5.41) is 2.39. The summed E-state index contributed by atoms with van der Waals surface area (Å²) >= 11 is 0. The molecule has 1 aromatic heterocycles. The fourth-order valence-electron chi connectivity index (χ4n) is 0.253. The van der Waals surface area contributed by atoms with Crippen LogP contribution >= 0.6 is 0 Å². The van der Waals surface area contributed by atoms with Gasteiger partial charge in [-0.25, -0.2) is 0 Å². The molecule has 1 heterocycles. The molecule has 0 unspecified atom stereocenters. The van der Waals surface area contributed by atoms with Crippen molar-refractivity contribution in [1.82, 2.24) is 15.3 Å². The van der Waals surface area contributed by atoms with E-state index in [4.69, 9.17) is 0 Å². The van der Waals surface area contributed by atoms with E-state index in [-0.39, 0.29) is 5.91 Å². The molecule has 0 radical (unpaired) electrons. The molecule has 0 bridgehead atoms. The molecule has 0 saturated carbocycles. The summed E-state index contributed by atoms with van der Waals surface area (Å²) < 4.78 is 0. The van der Waals surface area contributed by atoms with Crippen molar-refractivity contribution in [2.45, 2.75) is 20.8 Å². The zero-order chi connectivity index (χ0) is 10.5. The highest BCUT2D eigenvalue weighted by molar-refractivity contribution is 5.72. The second-order valence-electron chi connectivity index (χ2n) is 1.70. The Kier molecular flexibility index (Phi) is 14.3. The van der Waals surface area contributed by atoms with Crippen molar-refractivity contribution in [3.05, 3.63) is 24.8 Å². The topological polar surface area (TPSA) is 54.9 Å². The van der Waals surface area contributed by atoms with Crippen LogP contribution in [-0.4, -0.2) is 22.9 Å². The molecule has 0 aliphatic carbocycles. The van der Waals surface area contributed by atoms with E-state index in [9.17, 15) is 4.79 Å². The van der Waals surface area contributed by atoms with Gasteiger partial charge in [-0.1, -0.05) is 13.8 Å². The number of hydrogen-bond donors (Lipinski definition) is 1. The number of rotatable bonds is 0. The summed E-state index contributed by atoms with van der Waals surface area (Å²) in [6.07, 6.45) is 6.56. The van der Waals surface area contributed by atoms with E-state index in [0.29, 0.717) is 0 Å². The van der Waals surface area contributed by atoms with E-state index in [1.807, 2.05) is 13.8 Å². The smallest absolute Gasteiger partial charge is 0.216 e. The van der Waals surface area contributed by atoms with Crippen LogP contribution in [0.3, 0.4) is 0 Å². The second-order valence-corrected chi connectivity index (χ2v) is 1.70. The first-order chi connectivity index (χ1) is 6.27. The monoisotopic (exact) mass is 183 g/mol. The Hall–Kier alpha value is -1.45. The van der Waals surface area contributed by atoms with Crippen molar-refractivity contribution in [2.75, 3.05) is 7.05 Å². The lowest BCUT2D eigenvalue weighted by atomic mass is 10.7. The highest BCUT2D eigenvalue weighted by Gasteiger charge is 1.72. The summed E-state index contributed by atoms with van der Waals surface area (Å²) in [7, 11) is 1.60. The minimum atomic E-state index is 0.00463. The lowest BCUT2D eigenvalue weighted by molar-refractivity contribution is -0.118. The van der Waals surface area contributed by atoms with E-state index < -0.39 is 0 Å². The average Bonchev–Trinajstić information content (AvgIpc) is 2.24. The van der Waals surface area contributed by atoms with Gasteiger partial charge in [-0.15, -0.1) is 0 Å². The highest BCUT2D eigenvalue weighted by Crippen LogP contribution is 1.65. The molecule has 1 aromatic rings. The van der Waals surface area contributed by atoms with Crippen LogP contribution in [0.4, 0.5) is 0 Å². The maximum atomic E-state index is 9.70. The Morgan fingerprint density at radius 1 is 1.08 bits per heavy atom. The fourth-order valence-corrected chi connectivity index (χ4v) is 0.253. The van der Waals surface area contributed by atoms with Gasteiger partial charge in [-0.3, -0.25) is 14.8 Å². The van der Waals surface area contributed by atoms with Crippen molar-refractivity contribution in [2.24, 2.45) is 0 Å². The zero-order valence-corrected chi connectivity index (χ0v) is 8.61. The van der Waals surface area contributed by atoms with Crippen molar-refractivity contribution in [3.8, 4) is 0 Å². The van der Waals surface area contributed by atoms with Gasteiger partial charge < -0.3 is 5.32 Å². The quantitative estimate of drug-likeness (QED) is 0.658. The minimum absolute atomic E-state index is 0.00463. The number of amides is 1. The molecule has 0 spiro atoms. The summed E-state index contributed by atoms with van der Waals surface area (Å²) in [6.45, 7) is 5.47. The number of carbonyl (C=O) groups is 1. The van der Waals surface area contributed by atoms with Gasteiger partial charge in [0.1, 0.15) is 0 Å². The first-order valence-electron chi connectivity index (χ1n) is 4.15. The van der Waals surface area contributed by atoms with Crippen LogP contribution in [0.2, 0.25) is 0 Å². The van der Waals surface area contributed by atoms with Gasteiger partial charge in [-0.2, -0.15) is 0 Å². The molecular formula is C9H17N3O.